The van der Waals surface area contributed by atoms with Gasteiger partial charge in [-0.3, -0.25) is 0 Å². The van der Waals surface area contributed by atoms with Gasteiger partial charge in [0, 0.05) is 21.9 Å². The van der Waals surface area contributed by atoms with Crippen LogP contribution in [-0.4, -0.2) is 10.5 Å². The molecule has 0 atom stereocenters. The second kappa shape index (κ2) is 6.83. The van der Waals surface area contributed by atoms with E-state index in [1.54, 1.807) is 0 Å². The molecule has 130 valence electrons. The monoisotopic (exact) mass is 390 g/mol. The number of halogens is 8. The van der Waals surface area contributed by atoms with E-state index in [0.717, 1.165) is 0 Å². The van der Waals surface area contributed by atoms with Gasteiger partial charge in [-0.1, -0.05) is 0 Å². The van der Waals surface area contributed by atoms with Gasteiger partial charge < -0.3 is 0 Å². The van der Waals surface area contributed by atoms with Crippen LogP contribution in [0.3, 0.4) is 0 Å². The zero-order valence-electron chi connectivity index (χ0n) is 11.3. The van der Waals surface area contributed by atoms with Crippen molar-refractivity contribution in [2.24, 2.45) is 0 Å². The molecule has 0 aliphatic rings. The van der Waals surface area contributed by atoms with Gasteiger partial charge in [-0.2, -0.15) is 17.6 Å². The molecule has 0 heterocycles. The maximum Gasteiger partial charge on any atom is 0.370 e. The van der Waals surface area contributed by atoms with Crippen LogP contribution in [0.2, 0.25) is 0 Å². The molecule has 0 nitrogen and oxygen atoms in total. The molecule has 0 radical (unpaired) electrons. The molecule has 0 saturated carbocycles. The van der Waals surface area contributed by atoms with Crippen LogP contribution in [0.5, 0.6) is 0 Å². The average Bonchev–Trinajstić information content (AvgIpc) is 2.45. The molecule has 2 aromatic rings. The van der Waals surface area contributed by atoms with Gasteiger partial charge >= 0.3 is 10.5 Å². The fraction of sp³-hybridized carbons (Fsp3) is 0.143. The summed E-state index contributed by atoms with van der Waals surface area (Å²) in [6.45, 7) is 0. The van der Waals surface area contributed by atoms with Gasteiger partial charge in [-0.15, -0.1) is 0 Å². The van der Waals surface area contributed by atoms with Gasteiger partial charge in [-0.25, -0.2) is 17.6 Å². The fourth-order valence-electron chi connectivity index (χ4n) is 1.51. The van der Waals surface area contributed by atoms with Crippen LogP contribution in [0, 0.1) is 23.3 Å². The predicted octanol–water partition coefficient (Wildman–Crippen LogP) is 6.31. The molecule has 2 rings (SSSR count). The van der Waals surface area contributed by atoms with Gasteiger partial charge in [0.2, 0.25) is 0 Å². The van der Waals surface area contributed by atoms with E-state index in [0.29, 0.717) is 24.3 Å². The van der Waals surface area contributed by atoms with Crippen LogP contribution >= 0.6 is 23.5 Å². The van der Waals surface area contributed by atoms with Crippen LogP contribution in [0.15, 0.2) is 46.2 Å². The number of hydrogen-bond acceptors (Lipinski definition) is 2. The van der Waals surface area contributed by atoms with Crippen molar-refractivity contribution in [1.82, 2.24) is 0 Å². The van der Waals surface area contributed by atoms with Crippen molar-refractivity contribution in [3.63, 3.8) is 0 Å². The number of rotatable bonds is 5. The Morgan fingerprint density at radius 3 is 1.21 bits per heavy atom. The van der Waals surface area contributed by atoms with Crippen molar-refractivity contribution < 1.29 is 35.1 Å². The highest BCUT2D eigenvalue weighted by atomic mass is 32.2. The third-order valence-electron chi connectivity index (χ3n) is 2.60. The average molecular weight is 390 g/mol. The molecule has 0 aromatic heterocycles. The summed E-state index contributed by atoms with van der Waals surface area (Å²) in [6, 6.07) is 2.97. The first kappa shape index (κ1) is 18.9. The maximum absolute atomic E-state index is 13.8. The van der Waals surface area contributed by atoms with E-state index in [1.165, 1.54) is 0 Å². The normalized spacial score (nSPS) is 12.5. The summed E-state index contributed by atoms with van der Waals surface area (Å²) >= 11 is -1.65. The quantitative estimate of drug-likeness (QED) is 0.433. The van der Waals surface area contributed by atoms with E-state index in [-0.39, 0.29) is 12.1 Å². The second-order valence-electron chi connectivity index (χ2n) is 4.39. The molecule has 2 aromatic carbocycles. The molecule has 0 amide bonds. The summed E-state index contributed by atoms with van der Waals surface area (Å²) in [5, 5.41) is -9.70. The van der Waals surface area contributed by atoms with Crippen LogP contribution < -0.4 is 0 Å². The Morgan fingerprint density at radius 2 is 0.917 bits per heavy atom. The zero-order chi connectivity index (χ0) is 18.1. The van der Waals surface area contributed by atoms with Crippen molar-refractivity contribution in [2.75, 3.05) is 0 Å². The van der Waals surface area contributed by atoms with Crippen LogP contribution in [-0.2, 0) is 0 Å². The summed E-state index contributed by atoms with van der Waals surface area (Å²) in [4.78, 5) is -1.80. The first-order valence-electron chi connectivity index (χ1n) is 6.05. The molecular formula is C14H6F8S2. The van der Waals surface area contributed by atoms with E-state index in [9.17, 15) is 35.1 Å². The number of alkyl halides is 4. The minimum absolute atomic E-state index is 0.267. The lowest BCUT2D eigenvalue weighted by Gasteiger charge is -2.25. The molecule has 0 fully saturated rings. The number of hydrogen-bond donors (Lipinski definition) is 0. The Balaban J connectivity index is 2.25. The molecule has 24 heavy (non-hydrogen) atoms. The van der Waals surface area contributed by atoms with Crippen molar-refractivity contribution in [2.45, 2.75) is 20.3 Å². The van der Waals surface area contributed by atoms with Crippen LogP contribution in [0.25, 0.3) is 0 Å². The van der Waals surface area contributed by atoms with Gasteiger partial charge in [0.15, 0.2) is 0 Å². The Labute approximate surface area is 139 Å². The lowest BCUT2D eigenvalue weighted by Crippen LogP contribution is -2.34. The summed E-state index contributed by atoms with van der Waals surface area (Å²) in [7, 11) is 0. The number of thioether (sulfide) groups is 2. The van der Waals surface area contributed by atoms with Gasteiger partial charge in [0.1, 0.15) is 23.3 Å². The third-order valence-corrected chi connectivity index (χ3v) is 4.86. The largest absolute Gasteiger partial charge is 0.370 e. The second-order valence-corrected chi connectivity index (χ2v) is 6.70. The van der Waals surface area contributed by atoms with Crippen LogP contribution in [0.4, 0.5) is 35.1 Å². The first-order chi connectivity index (χ1) is 11.0. The zero-order valence-corrected chi connectivity index (χ0v) is 12.9. The highest BCUT2D eigenvalue weighted by Gasteiger charge is 2.58. The van der Waals surface area contributed by atoms with Gasteiger partial charge in [0.05, 0.1) is 0 Å². The summed E-state index contributed by atoms with van der Waals surface area (Å²) in [5.74, 6) is -4.99. The van der Waals surface area contributed by atoms with Crippen molar-refractivity contribution in [3.05, 3.63) is 59.7 Å². The Morgan fingerprint density at radius 1 is 0.583 bits per heavy atom. The Hall–Kier alpha value is -1.42. The molecule has 0 aliphatic heterocycles. The Bertz CT molecular complexity index is 684. The summed E-state index contributed by atoms with van der Waals surface area (Å²) < 4.78 is 107. The fourth-order valence-corrected chi connectivity index (χ4v) is 3.14. The van der Waals surface area contributed by atoms with Crippen LogP contribution in [0.1, 0.15) is 0 Å². The maximum atomic E-state index is 13.8. The SMILES string of the molecule is Fc1ccc(SC(F)(F)C(F)(F)Sc2ccc(F)cc2F)c(F)c1. The number of benzene rings is 2. The van der Waals surface area contributed by atoms with E-state index in [1.807, 2.05) is 0 Å². The lowest BCUT2D eigenvalue weighted by molar-refractivity contribution is -0.0836. The Kier molecular flexibility index (Phi) is 5.38. The minimum atomic E-state index is -4.85. The molecular weight excluding hydrogens is 384 g/mol. The predicted molar refractivity (Wildman–Crippen MR) is 74.3 cm³/mol. The van der Waals surface area contributed by atoms with Gasteiger partial charge in [0.25, 0.3) is 0 Å². The third kappa shape index (κ3) is 4.15. The van der Waals surface area contributed by atoms with E-state index in [4.69, 9.17) is 0 Å². The first-order valence-corrected chi connectivity index (χ1v) is 7.69. The van der Waals surface area contributed by atoms with Crippen molar-refractivity contribution in [1.29, 1.82) is 0 Å². The molecule has 0 saturated heterocycles. The minimum Gasteiger partial charge on any atom is -0.207 e. The summed E-state index contributed by atoms with van der Waals surface area (Å²) in [5.41, 5.74) is 0. The molecule has 0 bridgehead atoms. The van der Waals surface area contributed by atoms with Crippen molar-refractivity contribution >= 4 is 23.5 Å². The molecule has 0 spiro atoms. The highest BCUT2D eigenvalue weighted by Crippen LogP contribution is 2.54. The molecule has 0 N–H and O–H groups in total. The lowest BCUT2D eigenvalue weighted by atomic mass is 10.3. The summed E-state index contributed by atoms with van der Waals surface area (Å²) in [6.07, 6.45) is 0. The van der Waals surface area contributed by atoms with Crippen molar-refractivity contribution in [3.8, 4) is 0 Å². The van der Waals surface area contributed by atoms with E-state index >= 15 is 0 Å². The molecule has 0 unspecified atom stereocenters. The topological polar surface area (TPSA) is 0 Å². The van der Waals surface area contributed by atoms with E-state index in [2.05, 4.69) is 0 Å². The van der Waals surface area contributed by atoms with Gasteiger partial charge in [-0.05, 0) is 47.8 Å². The molecule has 10 heteroatoms. The molecule has 0 aliphatic carbocycles. The smallest absolute Gasteiger partial charge is 0.207 e. The highest BCUT2D eigenvalue weighted by molar-refractivity contribution is 8.04. The standard InChI is InChI=1S/C14H6F8S2/c15-7-1-3-11(9(17)5-7)23-13(19,20)14(21,22)24-12-4-2-8(16)6-10(12)18/h1-6H. The van der Waals surface area contributed by atoms with E-state index < -0.39 is 67.1 Å².